The molecule has 0 bridgehead atoms. The molecule has 2 N–H and O–H groups in total. The van der Waals surface area contributed by atoms with Gasteiger partial charge in [0, 0.05) is 56.3 Å². The fourth-order valence-corrected chi connectivity index (χ4v) is 2.05. The molecule has 0 aliphatic heterocycles. The van der Waals surface area contributed by atoms with E-state index in [0.29, 0.717) is 12.4 Å². The van der Waals surface area contributed by atoms with Crippen LogP contribution in [0.1, 0.15) is 23.9 Å². The zero-order chi connectivity index (χ0) is 16.8. The van der Waals surface area contributed by atoms with Gasteiger partial charge in [-0.2, -0.15) is 5.10 Å². The molecule has 23 heavy (non-hydrogen) atoms. The Morgan fingerprint density at radius 3 is 2.65 bits per heavy atom. The minimum atomic E-state index is -0.151. The molecule has 2 heterocycles. The van der Waals surface area contributed by atoms with E-state index in [1.807, 2.05) is 38.9 Å². The molecule has 0 saturated carbocycles. The third kappa shape index (κ3) is 5.21. The standard InChI is InChI=1S/C16H22N6O/c1-11(7-14-8-12(2)20-21-14)19-15(23)6-5-13-9-17-16(18-10-13)22(3)4/h5-6,8-11H,7H2,1-4H3,(H,19,23)(H,20,21). The summed E-state index contributed by atoms with van der Waals surface area (Å²) in [5.74, 6) is 0.482. The number of H-pyrrole nitrogens is 1. The SMILES string of the molecule is Cc1cc(CC(C)NC(=O)C=Cc2cnc(N(C)C)nc2)n[nH]1. The van der Waals surface area contributed by atoms with Gasteiger partial charge in [-0.15, -0.1) is 0 Å². The highest BCUT2D eigenvalue weighted by Gasteiger charge is 2.08. The maximum Gasteiger partial charge on any atom is 0.244 e. The van der Waals surface area contributed by atoms with Gasteiger partial charge >= 0.3 is 0 Å². The highest BCUT2D eigenvalue weighted by Crippen LogP contribution is 2.05. The number of rotatable bonds is 6. The Balaban J connectivity index is 1.85. The minimum Gasteiger partial charge on any atom is -0.350 e. The molecular weight excluding hydrogens is 292 g/mol. The Morgan fingerprint density at radius 2 is 2.09 bits per heavy atom. The van der Waals surface area contributed by atoms with Gasteiger partial charge in [0.1, 0.15) is 0 Å². The highest BCUT2D eigenvalue weighted by molar-refractivity contribution is 5.91. The van der Waals surface area contributed by atoms with Crippen molar-refractivity contribution in [3.63, 3.8) is 0 Å². The zero-order valence-electron chi connectivity index (χ0n) is 13.9. The van der Waals surface area contributed by atoms with Crippen LogP contribution in [0, 0.1) is 6.92 Å². The maximum absolute atomic E-state index is 11.9. The number of carbonyl (C=O) groups excluding carboxylic acids is 1. The van der Waals surface area contributed by atoms with Gasteiger partial charge in [0.05, 0.1) is 5.69 Å². The average molecular weight is 314 g/mol. The number of aromatic nitrogens is 4. The second kappa shape index (κ2) is 7.53. The van der Waals surface area contributed by atoms with Crippen LogP contribution in [0.3, 0.4) is 0 Å². The average Bonchev–Trinajstić information content (AvgIpc) is 2.90. The molecule has 0 spiro atoms. The maximum atomic E-state index is 11.9. The first-order valence-corrected chi connectivity index (χ1v) is 7.43. The lowest BCUT2D eigenvalue weighted by Gasteiger charge is -2.10. The van der Waals surface area contributed by atoms with Crippen LogP contribution in [0.15, 0.2) is 24.5 Å². The van der Waals surface area contributed by atoms with E-state index < -0.39 is 0 Å². The van der Waals surface area contributed by atoms with E-state index >= 15 is 0 Å². The number of hydrogen-bond donors (Lipinski definition) is 2. The number of hydrogen-bond acceptors (Lipinski definition) is 5. The van der Waals surface area contributed by atoms with Crippen molar-refractivity contribution in [2.75, 3.05) is 19.0 Å². The Labute approximate surface area is 135 Å². The number of nitrogens with zero attached hydrogens (tertiary/aromatic N) is 4. The van der Waals surface area contributed by atoms with Gasteiger partial charge in [0.2, 0.25) is 11.9 Å². The van der Waals surface area contributed by atoms with Crippen molar-refractivity contribution in [3.05, 3.63) is 41.5 Å². The first kappa shape index (κ1) is 16.7. The molecule has 0 aliphatic rings. The molecule has 0 fully saturated rings. The fourth-order valence-electron chi connectivity index (χ4n) is 2.05. The van der Waals surface area contributed by atoms with E-state index in [4.69, 9.17) is 0 Å². The molecule has 2 rings (SSSR count). The van der Waals surface area contributed by atoms with Gasteiger partial charge in [-0.1, -0.05) is 0 Å². The number of aryl methyl sites for hydroxylation is 1. The topological polar surface area (TPSA) is 86.8 Å². The molecule has 7 nitrogen and oxygen atoms in total. The second-order valence-corrected chi connectivity index (χ2v) is 5.70. The van der Waals surface area contributed by atoms with E-state index in [2.05, 4.69) is 25.5 Å². The highest BCUT2D eigenvalue weighted by atomic mass is 16.1. The number of aromatic amines is 1. The molecule has 1 amide bonds. The number of anilines is 1. The number of amides is 1. The molecule has 1 atom stereocenters. The summed E-state index contributed by atoms with van der Waals surface area (Å²) in [6.07, 6.45) is 7.23. The molecule has 1 unspecified atom stereocenters. The summed E-state index contributed by atoms with van der Waals surface area (Å²) in [6, 6.07) is 1.98. The first-order valence-electron chi connectivity index (χ1n) is 7.43. The third-order valence-corrected chi connectivity index (χ3v) is 3.15. The van der Waals surface area contributed by atoms with Crippen molar-refractivity contribution < 1.29 is 4.79 Å². The summed E-state index contributed by atoms with van der Waals surface area (Å²) in [5.41, 5.74) is 2.73. The zero-order valence-corrected chi connectivity index (χ0v) is 13.9. The van der Waals surface area contributed by atoms with Crippen LogP contribution in [-0.4, -0.2) is 46.2 Å². The predicted molar refractivity (Wildman–Crippen MR) is 90.0 cm³/mol. The molecular formula is C16H22N6O. The van der Waals surface area contributed by atoms with E-state index in [0.717, 1.165) is 17.0 Å². The van der Waals surface area contributed by atoms with Crippen LogP contribution in [0.25, 0.3) is 6.08 Å². The second-order valence-electron chi connectivity index (χ2n) is 5.70. The van der Waals surface area contributed by atoms with Crippen LogP contribution in [-0.2, 0) is 11.2 Å². The van der Waals surface area contributed by atoms with E-state index in [1.165, 1.54) is 6.08 Å². The number of nitrogens with one attached hydrogen (secondary N) is 2. The minimum absolute atomic E-state index is 0.00205. The molecule has 0 radical (unpaired) electrons. The lowest BCUT2D eigenvalue weighted by atomic mass is 10.2. The Bertz CT molecular complexity index is 674. The van der Waals surface area contributed by atoms with Crippen molar-refractivity contribution in [3.8, 4) is 0 Å². The van der Waals surface area contributed by atoms with Crippen LogP contribution in [0.5, 0.6) is 0 Å². The number of carbonyl (C=O) groups is 1. The van der Waals surface area contributed by atoms with Gasteiger partial charge < -0.3 is 10.2 Å². The van der Waals surface area contributed by atoms with Gasteiger partial charge in [0.25, 0.3) is 0 Å². The summed E-state index contributed by atoms with van der Waals surface area (Å²) in [5, 5.41) is 9.97. The van der Waals surface area contributed by atoms with Gasteiger partial charge in [-0.3, -0.25) is 9.89 Å². The third-order valence-electron chi connectivity index (χ3n) is 3.15. The molecule has 2 aromatic rings. The van der Waals surface area contributed by atoms with Gasteiger partial charge in [-0.25, -0.2) is 9.97 Å². The van der Waals surface area contributed by atoms with Crippen molar-refractivity contribution in [1.82, 2.24) is 25.5 Å². The summed E-state index contributed by atoms with van der Waals surface area (Å²) in [7, 11) is 3.75. The largest absolute Gasteiger partial charge is 0.350 e. The van der Waals surface area contributed by atoms with Crippen molar-refractivity contribution in [2.24, 2.45) is 0 Å². The Morgan fingerprint density at radius 1 is 1.39 bits per heavy atom. The van der Waals surface area contributed by atoms with E-state index in [-0.39, 0.29) is 11.9 Å². The summed E-state index contributed by atoms with van der Waals surface area (Å²) in [4.78, 5) is 22.1. The van der Waals surface area contributed by atoms with Crippen LogP contribution >= 0.6 is 0 Å². The molecule has 0 saturated heterocycles. The fraction of sp³-hybridized carbons (Fsp3) is 0.375. The lowest BCUT2D eigenvalue weighted by Crippen LogP contribution is -2.32. The summed E-state index contributed by atoms with van der Waals surface area (Å²) < 4.78 is 0. The monoisotopic (exact) mass is 314 g/mol. The van der Waals surface area contributed by atoms with Crippen LogP contribution in [0.2, 0.25) is 0 Å². The normalized spacial score (nSPS) is 12.3. The van der Waals surface area contributed by atoms with Crippen LogP contribution in [0.4, 0.5) is 5.95 Å². The van der Waals surface area contributed by atoms with Gasteiger partial charge in [-0.05, 0) is 26.0 Å². The molecule has 0 aliphatic carbocycles. The van der Waals surface area contributed by atoms with Crippen molar-refractivity contribution in [2.45, 2.75) is 26.3 Å². The van der Waals surface area contributed by atoms with Crippen LogP contribution < -0.4 is 10.2 Å². The molecule has 0 aromatic carbocycles. The van der Waals surface area contributed by atoms with E-state index in [1.54, 1.807) is 18.5 Å². The smallest absolute Gasteiger partial charge is 0.244 e. The molecule has 2 aromatic heterocycles. The molecule has 122 valence electrons. The molecule has 7 heteroatoms. The lowest BCUT2D eigenvalue weighted by molar-refractivity contribution is -0.117. The van der Waals surface area contributed by atoms with E-state index in [9.17, 15) is 4.79 Å². The summed E-state index contributed by atoms with van der Waals surface area (Å²) >= 11 is 0. The Hall–Kier alpha value is -2.70. The predicted octanol–water partition coefficient (Wildman–Crippen LogP) is 1.33. The van der Waals surface area contributed by atoms with Crippen molar-refractivity contribution in [1.29, 1.82) is 0 Å². The Kier molecular flexibility index (Phi) is 5.46. The quantitative estimate of drug-likeness (QED) is 0.786. The van der Waals surface area contributed by atoms with Crippen molar-refractivity contribution >= 4 is 17.9 Å². The first-order chi connectivity index (χ1) is 10.9. The van der Waals surface area contributed by atoms with Gasteiger partial charge in [0.15, 0.2) is 0 Å². The summed E-state index contributed by atoms with van der Waals surface area (Å²) in [6.45, 7) is 3.90.